The van der Waals surface area contributed by atoms with Gasteiger partial charge in [-0.1, -0.05) is 49.1 Å². The second-order valence-corrected chi connectivity index (χ2v) is 7.96. The Labute approximate surface area is 178 Å². The first-order valence-electron chi connectivity index (χ1n) is 10.3. The number of aliphatic hydroxyl groups is 1. The number of halogens is 1. The molecule has 1 aromatic carbocycles. The van der Waals surface area contributed by atoms with Gasteiger partial charge in [0, 0.05) is 23.8 Å². The molecule has 1 saturated carbocycles. The van der Waals surface area contributed by atoms with Crippen LogP contribution in [0.15, 0.2) is 36.4 Å². The van der Waals surface area contributed by atoms with E-state index in [1.165, 1.54) is 7.11 Å². The Hall–Kier alpha value is -1.85. The lowest BCUT2D eigenvalue weighted by Gasteiger charge is -2.16. The molecular formula is C23H31ClO5. The molecular weight excluding hydrogens is 392 g/mol. The zero-order valence-corrected chi connectivity index (χ0v) is 17.8. The highest BCUT2D eigenvalue weighted by Gasteiger charge is 2.32. The summed E-state index contributed by atoms with van der Waals surface area (Å²) in [4.78, 5) is 23.3. The Balaban J connectivity index is 1.70. The van der Waals surface area contributed by atoms with Gasteiger partial charge in [-0.15, -0.1) is 0 Å². The van der Waals surface area contributed by atoms with Gasteiger partial charge < -0.3 is 14.6 Å². The summed E-state index contributed by atoms with van der Waals surface area (Å²) in [6.45, 7) is 0.141. The molecule has 1 aliphatic rings. The van der Waals surface area contributed by atoms with Crippen LogP contribution in [-0.2, 0) is 14.3 Å². The molecule has 1 aliphatic carbocycles. The number of unbranched alkanes of at least 4 members (excludes halogenated alkanes) is 3. The van der Waals surface area contributed by atoms with Gasteiger partial charge in [-0.2, -0.15) is 0 Å². The summed E-state index contributed by atoms with van der Waals surface area (Å²) >= 11 is 5.92. The minimum absolute atomic E-state index is 0.0351. The van der Waals surface area contributed by atoms with Gasteiger partial charge in [-0.05, 0) is 43.4 Å². The number of hydrogen-bond donors (Lipinski definition) is 1. The first-order chi connectivity index (χ1) is 14.0. The smallest absolute Gasteiger partial charge is 0.305 e. The summed E-state index contributed by atoms with van der Waals surface area (Å²) in [5.74, 6) is 0.982. The quantitative estimate of drug-likeness (QED) is 0.299. The number of aliphatic hydroxyl groups excluding tert-OH is 1. The monoisotopic (exact) mass is 422 g/mol. The molecule has 1 aromatic rings. The fraction of sp³-hybridized carbons (Fsp3) is 0.565. The third kappa shape index (κ3) is 8.58. The lowest BCUT2D eigenvalue weighted by atomic mass is 9.89. The number of ketones is 1. The van der Waals surface area contributed by atoms with E-state index >= 15 is 0 Å². The van der Waals surface area contributed by atoms with Gasteiger partial charge in [0.1, 0.15) is 24.2 Å². The molecule has 0 spiro atoms. The van der Waals surface area contributed by atoms with Crippen LogP contribution in [0.2, 0.25) is 5.02 Å². The second kappa shape index (κ2) is 12.7. The Morgan fingerprint density at radius 2 is 2.10 bits per heavy atom. The van der Waals surface area contributed by atoms with E-state index in [1.807, 2.05) is 6.08 Å². The number of ether oxygens (including phenoxy) is 2. The number of hydrogen-bond acceptors (Lipinski definition) is 5. The lowest BCUT2D eigenvalue weighted by molar-refractivity contribution is -0.140. The van der Waals surface area contributed by atoms with Crippen LogP contribution in [-0.4, -0.2) is 36.7 Å². The Morgan fingerprint density at radius 3 is 2.86 bits per heavy atom. The SMILES string of the molecule is COC(=O)CCCCCC[C@H]1C(=O)CC[C@@H]1/C=C/[C@H](O)COc1cccc(Cl)c1. The lowest BCUT2D eigenvalue weighted by Crippen LogP contribution is -2.17. The summed E-state index contributed by atoms with van der Waals surface area (Å²) in [6.07, 6.45) is 9.51. The van der Waals surface area contributed by atoms with Crippen molar-refractivity contribution < 1.29 is 24.2 Å². The fourth-order valence-electron chi connectivity index (χ4n) is 3.69. The van der Waals surface area contributed by atoms with Crippen LogP contribution in [0.1, 0.15) is 51.4 Å². The first kappa shape index (κ1) is 23.4. The molecule has 0 aromatic heterocycles. The Bertz CT molecular complexity index is 688. The van der Waals surface area contributed by atoms with E-state index in [-0.39, 0.29) is 24.4 Å². The van der Waals surface area contributed by atoms with Crippen LogP contribution < -0.4 is 4.74 Å². The summed E-state index contributed by atoms with van der Waals surface area (Å²) in [7, 11) is 1.40. The standard InChI is InChI=1S/C23H31ClO5/c1-28-23(27)10-5-3-2-4-9-21-17(12-14-22(21)26)11-13-19(25)16-29-20-8-6-7-18(24)15-20/h6-8,11,13,15,17,19,21,25H,2-5,9-10,12,14,16H2,1H3/b13-11+/t17-,19-,21+/m0/s1. The molecule has 5 nitrogen and oxygen atoms in total. The molecule has 1 N–H and O–H groups in total. The largest absolute Gasteiger partial charge is 0.491 e. The molecule has 29 heavy (non-hydrogen) atoms. The number of carbonyl (C=O) groups is 2. The zero-order chi connectivity index (χ0) is 21.1. The number of rotatable bonds is 12. The number of allylic oxidation sites excluding steroid dienone is 1. The first-order valence-corrected chi connectivity index (χ1v) is 10.7. The van der Waals surface area contributed by atoms with Gasteiger partial charge in [-0.3, -0.25) is 9.59 Å². The highest BCUT2D eigenvalue weighted by molar-refractivity contribution is 6.30. The van der Waals surface area contributed by atoms with Crippen LogP contribution in [0, 0.1) is 11.8 Å². The van der Waals surface area contributed by atoms with Gasteiger partial charge >= 0.3 is 5.97 Å². The molecule has 0 saturated heterocycles. The maximum absolute atomic E-state index is 12.2. The van der Waals surface area contributed by atoms with Crippen molar-refractivity contribution in [3.05, 3.63) is 41.4 Å². The molecule has 0 aliphatic heterocycles. The molecule has 160 valence electrons. The van der Waals surface area contributed by atoms with E-state index in [4.69, 9.17) is 16.3 Å². The van der Waals surface area contributed by atoms with E-state index in [0.29, 0.717) is 29.4 Å². The van der Waals surface area contributed by atoms with Gasteiger partial charge in [0.25, 0.3) is 0 Å². The summed E-state index contributed by atoms with van der Waals surface area (Å²) < 4.78 is 10.2. The van der Waals surface area contributed by atoms with Crippen molar-refractivity contribution in [1.82, 2.24) is 0 Å². The van der Waals surface area contributed by atoms with Gasteiger partial charge in [0.15, 0.2) is 0 Å². The van der Waals surface area contributed by atoms with Crippen LogP contribution in [0.25, 0.3) is 0 Å². The predicted octanol–water partition coefficient (Wildman–Crippen LogP) is 4.74. The van der Waals surface area contributed by atoms with Crippen molar-refractivity contribution in [1.29, 1.82) is 0 Å². The molecule has 1 fully saturated rings. The summed E-state index contributed by atoms with van der Waals surface area (Å²) in [6, 6.07) is 7.05. The van der Waals surface area contributed by atoms with Crippen molar-refractivity contribution >= 4 is 23.4 Å². The van der Waals surface area contributed by atoms with Gasteiger partial charge in [-0.25, -0.2) is 0 Å². The molecule has 0 amide bonds. The van der Waals surface area contributed by atoms with Crippen LogP contribution in [0.4, 0.5) is 0 Å². The zero-order valence-electron chi connectivity index (χ0n) is 17.0. The Kier molecular flexibility index (Phi) is 10.2. The van der Waals surface area contributed by atoms with Gasteiger partial charge in [0.05, 0.1) is 7.11 Å². The summed E-state index contributed by atoms with van der Waals surface area (Å²) in [5, 5.41) is 10.8. The molecule has 0 radical (unpaired) electrons. The fourth-order valence-corrected chi connectivity index (χ4v) is 3.87. The average Bonchev–Trinajstić information content (AvgIpc) is 3.06. The third-order valence-corrected chi connectivity index (χ3v) is 5.56. The predicted molar refractivity (Wildman–Crippen MR) is 113 cm³/mol. The number of methoxy groups -OCH3 is 1. The number of esters is 1. The number of Topliss-reactive ketones (excluding diaryl/α,β-unsaturated/α-hetero) is 1. The van der Waals surface area contributed by atoms with E-state index < -0.39 is 6.10 Å². The normalized spacial score (nSPS) is 20.2. The molecule has 3 atom stereocenters. The molecule has 2 rings (SSSR count). The van der Waals surface area contributed by atoms with Crippen molar-refractivity contribution in [2.75, 3.05) is 13.7 Å². The van der Waals surface area contributed by atoms with Crippen LogP contribution in [0.5, 0.6) is 5.75 Å². The molecule has 0 bridgehead atoms. The molecule has 0 heterocycles. The van der Waals surface area contributed by atoms with Crippen LogP contribution in [0.3, 0.4) is 0 Å². The summed E-state index contributed by atoms with van der Waals surface area (Å²) in [5.41, 5.74) is 0. The highest BCUT2D eigenvalue weighted by atomic mass is 35.5. The van der Waals surface area contributed by atoms with Crippen molar-refractivity contribution in [3.63, 3.8) is 0 Å². The van der Waals surface area contributed by atoms with Crippen molar-refractivity contribution in [2.24, 2.45) is 11.8 Å². The molecule has 6 heteroatoms. The van der Waals surface area contributed by atoms with E-state index in [9.17, 15) is 14.7 Å². The number of benzene rings is 1. The van der Waals surface area contributed by atoms with E-state index in [0.717, 1.165) is 38.5 Å². The minimum Gasteiger partial charge on any atom is -0.491 e. The van der Waals surface area contributed by atoms with Crippen LogP contribution >= 0.6 is 11.6 Å². The molecule has 0 unspecified atom stereocenters. The third-order valence-electron chi connectivity index (χ3n) is 5.33. The van der Waals surface area contributed by atoms with Crippen molar-refractivity contribution in [2.45, 2.75) is 57.5 Å². The van der Waals surface area contributed by atoms with E-state index in [1.54, 1.807) is 30.3 Å². The number of carbonyl (C=O) groups excluding carboxylic acids is 2. The van der Waals surface area contributed by atoms with Crippen molar-refractivity contribution in [3.8, 4) is 5.75 Å². The average molecular weight is 423 g/mol. The Morgan fingerprint density at radius 1 is 1.31 bits per heavy atom. The van der Waals surface area contributed by atoms with E-state index in [2.05, 4.69) is 4.74 Å². The maximum Gasteiger partial charge on any atom is 0.305 e. The van der Waals surface area contributed by atoms with Gasteiger partial charge in [0.2, 0.25) is 0 Å². The minimum atomic E-state index is -0.733. The maximum atomic E-state index is 12.2. The highest BCUT2D eigenvalue weighted by Crippen LogP contribution is 2.34. The topological polar surface area (TPSA) is 72.8 Å². The second-order valence-electron chi connectivity index (χ2n) is 7.52.